The summed E-state index contributed by atoms with van der Waals surface area (Å²) in [7, 11) is 0. The molecule has 86 valence electrons. The first kappa shape index (κ1) is 11.3. The Morgan fingerprint density at radius 1 is 1.20 bits per heavy atom. The van der Waals surface area contributed by atoms with Gasteiger partial charge in [0.25, 0.3) is 0 Å². The monoisotopic (exact) mass is 229 g/mol. The van der Waals surface area contributed by atoms with E-state index in [0.717, 1.165) is 6.42 Å². The van der Waals surface area contributed by atoms with Gasteiger partial charge in [-0.3, -0.25) is 4.79 Å². The minimum absolute atomic E-state index is 0.00788. The number of nitrogens with one attached hydrogen (secondary N) is 1. The fraction of sp³-hybridized carbons (Fsp3) is 0.917. The number of hydrogen-bond donors (Lipinski definition) is 1. The Balaban J connectivity index is 2.00. The predicted molar refractivity (Wildman–Crippen MR) is 62.0 cm³/mol. The zero-order chi connectivity index (χ0) is 10.7. The van der Waals surface area contributed by atoms with Crippen LogP contribution in [0.3, 0.4) is 0 Å². The van der Waals surface area contributed by atoms with Crippen LogP contribution in [0.4, 0.5) is 0 Å². The molecular weight excluding hydrogens is 210 g/mol. The average Bonchev–Trinajstić information content (AvgIpc) is 2.63. The number of alkyl halides is 1. The van der Waals surface area contributed by atoms with Gasteiger partial charge >= 0.3 is 0 Å². The Kier molecular flexibility index (Phi) is 3.55. The molecule has 1 unspecified atom stereocenters. The molecule has 1 spiro atoms. The van der Waals surface area contributed by atoms with Crippen molar-refractivity contribution in [3.63, 3.8) is 0 Å². The molecule has 0 aromatic heterocycles. The van der Waals surface area contributed by atoms with Gasteiger partial charge in [-0.05, 0) is 31.1 Å². The van der Waals surface area contributed by atoms with E-state index in [-0.39, 0.29) is 11.8 Å². The van der Waals surface area contributed by atoms with Gasteiger partial charge in [0.2, 0.25) is 5.91 Å². The fourth-order valence-electron chi connectivity index (χ4n) is 3.45. The molecule has 0 aliphatic heterocycles. The molecule has 1 atom stereocenters. The molecule has 3 heteroatoms. The predicted octanol–water partition coefficient (Wildman–Crippen LogP) is 2.84. The molecule has 2 aliphatic rings. The van der Waals surface area contributed by atoms with Crippen molar-refractivity contribution >= 4 is 17.5 Å². The number of amides is 1. The molecule has 0 saturated heterocycles. The summed E-state index contributed by atoms with van der Waals surface area (Å²) < 4.78 is 0. The second-order valence-electron chi connectivity index (χ2n) is 5.07. The fourth-order valence-corrected chi connectivity index (χ4v) is 3.53. The van der Waals surface area contributed by atoms with E-state index >= 15 is 0 Å². The third-order valence-corrected chi connectivity index (χ3v) is 4.46. The van der Waals surface area contributed by atoms with E-state index in [0.29, 0.717) is 11.5 Å². The highest BCUT2D eigenvalue weighted by atomic mass is 35.5. The Bertz CT molecular complexity index is 236. The molecule has 2 rings (SSSR count). The average molecular weight is 230 g/mol. The van der Waals surface area contributed by atoms with Gasteiger partial charge < -0.3 is 5.32 Å². The second-order valence-corrected chi connectivity index (χ2v) is 5.34. The van der Waals surface area contributed by atoms with Crippen LogP contribution in [-0.2, 0) is 4.79 Å². The van der Waals surface area contributed by atoms with Crippen molar-refractivity contribution in [2.24, 2.45) is 5.41 Å². The molecule has 1 N–H and O–H groups in total. The Hall–Kier alpha value is -0.240. The summed E-state index contributed by atoms with van der Waals surface area (Å²) in [4.78, 5) is 11.4. The third kappa shape index (κ3) is 2.30. The van der Waals surface area contributed by atoms with Crippen molar-refractivity contribution in [3.05, 3.63) is 0 Å². The van der Waals surface area contributed by atoms with Crippen LogP contribution in [0, 0.1) is 5.41 Å². The SMILES string of the molecule is O=C(CCl)NC1CCCC12CCCCC2. The van der Waals surface area contributed by atoms with Gasteiger partial charge in [0.1, 0.15) is 5.88 Å². The summed E-state index contributed by atoms with van der Waals surface area (Å²) in [5.41, 5.74) is 0.431. The van der Waals surface area contributed by atoms with Gasteiger partial charge in [-0.1, -0.05) is 25.7 Å². The molecule has 0 radical (unpaired) electrons. The molecule has 0 aromatic carbocycles. The second kappa shape index (κ2) is 4.73. The maximum absolute atomic E-state index is 11.4. The van der Waals surface area contributed by atoms with E-state index in [1.165, 1.54) is 44.9 Å². The molecule has 0 heterocycles. The van der Waals surface area contributed by atoms with Gasteiger partial charge in [-0.25, -0.2) is 0 Å². The van der Waals surface area contributed by atoms with Crippen LogP contribution in [0.5, 0.6) is 0 Å². The normalized spacial score (nSPS) is 29.3. The van der Waals surface area contributed by atoms with Gasteiger partial charge in [0, 0.05) is 6.04 Å². The highest BCUT2D eigenvalue weighted by Crippen LogP contribution is 2.48. The van der Waals surface area contributed by atoms with Crippen LogP contribution >= 0.6 is 11.6 Å². The zero-order valence-electron chi connectivity index (χ0n) is 9.23. The lowest BCUT2D eigenvalue weighted by molar-refractivity contribution is -0.120. The summed E-state index contributed by atoms with van der Waals surface area (Å²) in [6.45, 7) is 0. The summed E-state index contributed by atoms with van der Waals surface area (Å²) in [6.07, 6.45) is 10.4. The number of halogens is 1. The smallest absolute Gasteiger partial charge is 0.235 e. The first-order valence-corrected chi connectivity index (χ1v) is 6.66. The maximum atomic E-state index is 11.4. The van der Waals surface area contributed by atoms with Crippen molar-refractivity contribution in [3.8, 4) is 0 Å². The van der Waals surface area contributed by atoms with E-state index in [2.05, 4.69) is 5.32 Å². The maximum Gasteiger partial charge on any atom is 0.235 e. The van der Waals surface area contributed by atoms with Crippen LogP contribution in [0.15, 0.2) is 0 Å². The van der Waals surface area contributed by atoms with E-state index < -0.39 is 0 Å². The van der Waals surface area contributed by atoms with Crippen molar-refractivity contribution in [2.75, 3.05) is 5.88 Å². The standard InChI is InChI=1S/C12H20ClNO/c13-9-11(15)14-10-5-4-8-12(10)6-2-1-3-7-12/h10H,1-9H2,(H,14,15). The minimum atomic E-state index is 0.00788. The van der Waals surface area contributed by atoms with Gasteiger partial charge in [-0.15, -0.1) is 11.6 Å². The van der Waals surface area contributed by atoms with Gasteiger partial charge in [0.05, 0.1) is 0 Å². The summed E-state index contributed by atoms with van der Waals surface area (Å²) in [5.74, 6) is 0.112. The Morgan fingerprint density at radius 2 is 1.87 bits per heavy atom. The molecule has 2 fully saturated rings. The van der Waals surface area contributed by atoms with E-state index in [4.69, 9.17) is 11.6 Å². The van der Waals surface area contributed by atoms with Crippen molar-refractivity contribution in [1.82, 2.24) is 5.32 Å². The Morgan fingerprint density at radius 3 is 2.53 bits per heavy atom. The van der Waals surface area contributed by atoms with Crippen LogP contribution in [-0.4, -0.2) is 17.8 Å². The van der Waals surface area contributed by atoms with E-state index in [1.54, 1.807) is 0 Å². The minimum Gasteiger partial charge on any atom is -0.352 e. The third-order valence-electron chi connectivity index (χ3n) is 4.21. The number of hydrogen-bond acceptors (Lipinski definition) is 1. The van der Waals surface area contributed by atoms with Gasteiger partial charge in [0.15, 0.2) is 0 Å². The Labute approximate surface area is 96.8 Å². The lowest BCUT2D eigenvalue weighted by Crippen LogP contribution is -2.45. The van der Waals surface area contributed by atoms with E-state index in [1.807, 2.05) is 0 Å². The number of carbonyl (C=O) groups excluding carboxylic acids is 1. The van der Waals surface area contributed by atoms with Gasteiger partial charge in [-0.2, -0.15) is 0 Å². The molecule has 0 bridgehead atoms. The molecule has 2 aliphatic carbocycles. The first-order valence-electron chi connectivity index (χ1n) is 6.12. The topological polar surface area (TPSA) is 29.1 Å². The molecule has 0 aromatic rings. The van der Waals surface area contributed by atoms with Crippen LogP contribution in [0.25, 0.3) is 0 Å². The van der Waals surface area contributed by atoms with Crippen LogP contribution < -0.4 is 5.32 Å². The molecule has 2 nitrogen and oxygen atoms in total. The van der Waals surface area contributed by atoms with Crippen molar-refractivity contribution < 1.29 is 4.79 Å². The van der Waals surface area contributed by atoms with Crippen molar-refractivity contribution in [1.29, 1.82) is 0 Å². The molecule has 15 heavy (non-hydrogen) atoms. The van der Waals surface area contributed by atoms with Crippen LogP contribution in [0.1, 0.15) is 51.4 Å². The molecule has 2 saturated carbocycles. The lowest BCUT2D eigenvalue weighted by atomic mass is 9.70. The molecule has 1 amide bonds. The highest BCUT2D eigenvalue weighted by Gasteiger charge is 2.43. The quantitative estimate of drug-likeness (QED) is 0.725. The lowest BCUT2D eigenvalue weighted by Gasteiger charge is -2.39. The zero-order valence-corrected chi connectivity index (χ0v) is 9.98. The number of carbonyl (C=O) groups is 1. The molecular formula is C12H20ClNO. The largest absolute Gasteiger partial charge is 0.352 e. The summed E-state index contributed by atoms with van der Waals surface area (Å²) in [6, 6.07) is 0.407. The summed E-state index contributed by atoms with van der Waals surface area (Å²) in [5, 5.41) is 3.12. The highest BCUT2D eigenvalue weighted by molar-refractivity contribution is 6.27. The van der Waals surface area contributed by atoms with Crippen molar-refractivity contribution in [2.45, 2.75) is 57.4 Å². The van der Waals surface area contributed by atoms with Crippen LogP contribution in [0.2, 0.25) is 0 Å². The first-order chi connectivity index (χ1) is 7.27. The summed E-state index contributed by atoms with van der Waals surface area (Å²) >= 11 is 5.55. The number of rotatable bonds is 2. The van der Waals surface area contributed by atoms with E-state index in [9.17, 15) is 4.79 Å².